The highest BCUT2D eigenvalue weighted by molar-refractivity contribution is 5.91. The van der Waals surface area contributed by atoms with E-state index in [-0.39, 0.29) is 12.2 Å². The molecule has 0 unspecified atom stereocenters. The maximum absolute atomic E-state index is 11.0. The Morgan fingerprint density at radius 3 is 2.95 bits per heavy atom. The zero-order chi connectivity index (χ0) is 14.5. The Hall–Kier alpha value is -2.97. The molecule has 0 aliphatic rings. The molecule has 0 radical (unpaired) electrons. The van der Waals surface area contributed by atoms with E-state index in [4.69, 9.17) is 10.8 Å². The van der Waals surface area contributed by atoms with Crippen LogP contribution in [-0.2, 0) is 17.9 Å². The van der Waals surface area contributed by atoms with Gasteiger partial charge in [0.15, 0.2) is 0 Å². The lowest BCUT2D eigenvalue weighted by atomic mass is 10.3. The van der Waals surface area contributed by atoms with Crippen molar-refractivity contribution < 1.29 is 14.7 Å². The number of pyridine rings is 1. The van der Waals surface area contributed by atoms with Gasteiger partial charge in [-0.05, 0) is 12.1 Å². The van der Waals surface area contributed by atoms with Crippen LogP contribution in [0.4, 0.5) is 5.69 Å². The Morgan fingerprint density at radius 1 is 1.45 bits per heavy atom. The predicted octanol–water partition coefficient (Wildman–Crippen LogP) is -0.531. The molecular formula is C11H12N6O3. The molecule has 0 bridgehead atoms. The zero-order valence-corrected chi connectivity index (χ0v) is 10.4. The summed E-state index contributed by atoms with van der Waals surface area (Å²) >= 11 is 0. The number of carboxylic acid groups (broad SMARTS) is 1. The quantitative estimate of drug-likeness (QED) is 0.645. The van der Waals surface area contributed by atoms with E-state index in [1.807, 2.05) is 0 Å². The molecule has 2 rings (SSSR count). The van der Waals surface area contributed by atoms with Gasteiger partial charge in [-0.3, -0.25) is 14.6 Å². The molecule has 0 aliphatic heterocycles. The molecule has 0 spiro atoms. The maximum atomic E-state index is 11.0. The van der Waals surface area contributed by atoms with Gasteiger partial charge < -0.3 is 16.2 Å². The van der Waals surface area contributed by atoms with Crippen molar-refractivity contribution in [2.75, 3.05) is 5.32 Å². The summed E-state index contributed by atoms with van der Waals surface area (Å²) in [5, 5.41) is 19.1. The van der Waals surface area contributed by atoms with E-state index in [1.54, 1.807) is 6.07 Å². The molecule has 2 aromatic rings. The van der Waals surface area contributed by atoms with Crippen LogP contribution < -0.4 is 11.1 Å². The minimum absolute atomic E-state index is 0.157. The molecule has 4 N–H and O–H groups in total. The average molecular weight is 276 g/mol. The van der Waals surface area contributed by atoms with Crippen molar-refractivity contribution in [2.24, 2.45) is 5.73 Å². The summed E-state index contributed by atoms with van der Waals surface area (Å²) in [6, 6.07) is 3.19. The number of carbonyl (C=O) groups is 2. The van der Waals surface area contributed by atoms with Crippen LogP contribution in [0.1, 0.15) is 16.2 Å². The van der Waals surface area contributed by atoms with E-state index in [0.717, 1.165) is 0 Å². The first-order chi connectivity index (χ1) is 9.54. The van der Waals surface area contributed by atoms with Crippen LogP contribution in [0, 0.1) is 0 Å². The van der Waals surface area contributed by atoms with Crippen molar-refractivity contribution in [3.63, 3.8) is 0 Å². The van der Waals surface area contributed by atoms with Gasteiger partial charge in [-0.2, -0.15) is 0 Å². The van der Waals surface area contributed by atoms with Gasteiger partial charge in [-0.1, -0.05) is 5.21 Å². The molecule has 0 saturated carbocycles. The number of primary amides is 1. The molecule has 0 saturated heterocycles. The van der Waals surface area contributed by atoms with Crippen LogP contribution in [0.3, 0.4) is 0 Å². The van der Waals surface area contributed by atoms with Gasteiger partial charge in [-0.15, -0.1) is 5.10 Å². The minimum atomic E-state index is -0.991. The van der Waals surface area contributed by atoms with E-state index >= 15 is 0 Å². The smallest absolute Gasteiger partial charge is 0.325 e. The van der Waals surface area contributed by atoms with E-state index in [0.29, 0.717) is 17.9 Å². The lowest BCUT2D eigenvalue weighted by molar-refractivity contribution is -0.137. The van der Waals surface area contributed by atoms with Crippen LogP contribution in [-0.4, -0.2) is 37.0 Å². The highest BCUT2D eigenvalue weighted by Crippen LogP contribution is 2.09. The normalized spacial score (nSPS) is 10.2. The standard InChI is InChI=1S/C11H12N6O3/c12-11(20)9-3-7(1-2-13-9)14-4-8-5-17(16-15-8)6-10(18)19/h1-3,5H,4,6H2,(H2,12,20)(H,13,14)(H,18,19). The molecule has 2 aromatic heterocycles. The van der Waals surface area contributed by atoms with Crippen molar-refractivity contribution in [1.29, 1.82) is 0 Å². The molecule has 0 aliphatic carbocycles. The minimum Gasteiger partial charge on any atom is -0.480 e. The Morgan fingerprint density at radius 2 is 2.25 bits per heavy atom. The monoisotopic (exact) mass is 276 g/mol. The third-order valence-corrected chi connectivity index (χ3v) is 2.37. The third kappa shape index (κ3) is 3.51. The Labute approximate surface area is 113 Å². The summed E-state index contributed by atoms with van der Waals surface area (Å²) in [6.07, 6.45) is 2.99. The van der Waals surface area contributed by atoms with Crippen molar-refractivity contribution in [2.45, 2.75) is 13.1 Å². The van der Waals surface area contributed by atoms with Gasteiger partial charge in [0.05, 0.1) is 12.7 Å². The first-order valence-electron chi connectivity index (χ1n) is 5.65. The van der Waals surface area contributed by atoms with Crippen molar-refractivity contribution in [3.05, 3.63) is 35.9 Å². The first kappa shape index (κ1) is 13.5. The summed E-state index contributed by atoms with van der Waals surface area (Å²) in [4.78, 5) is 25.3. The number of nitrogens with two attached hydrogens (primary N) is 1. The molecule has 20 heavy (non-hydrogen) atoms. The number of aliphatic carboxylic acids is 1. The molecule has 2 heterocycles. The second-order valence-electron chi connectivity index (χ2n) is 3.95. The second kappa shape index (κ2) is 5.78. The number of hydrogen-bond donors (Lipinski definition) is 3. The molecule has 0 fully saturated rings. The summed E-state index contributed by atoms with van der Waals surface area (Å²) in [6.45, 7) is 0.0932. The number of hydrogen-bond acceptors (Lipinski definition) is 6. The lowest BCUT2D eigenvalue weighted by Crippen LogP contribution is -2.13. The van der Waals surface area contributed by atoms with Gasteiger partial charge in [0.2, 0.25) is 0 Å². The van der Waals surface area contributed by atoms with Crippen molar-refractivity contribution >= 4 is 17.6 Å². The zero-order valence-electron chi connectivity index (χ0n) is 10.4. The number of anilines is 1. The highest BCUT2D eigenvalue weighted by Gasteiger charge is 2.06. The van der Waals surface area contributed by atoms with Gasteiger partial charge in [0.1, 0.15) is 17.9 Å². The molecule has 0 aromatic carbocycles. The SMILES string of the molecule is NC(=O)c1cc(NCc2cn(CC(=O)O)nn2)ccn1. The van der Waals surface area contributed by atoms with E-state index in [9.17, 15) is 9.59 Å². The summed E-state index contributed by atoms with van der Waals surface area (Å²) in [5.41, 5.74) is 6.51. The van der Waals surface area contributed by atoms with Crippen LogP contribution in [0.15, 0.2) is 24.5 Å². The molecule has 1 amide bonds. The number of aromatic nitrogens is 4. The van der Waals surface area contributed by atoms with Gasteiger partial charge >= 0.3 is 5.97 Å². The highest BCUT2D eigenvalue weighted by atomic mass is 16.4. The average Bonchev–Trinajstić information content (AvgIpc) is 2.83. The maximum Gasteiger partial charge on any atom is 0.325 e. The number of amides is 1. The fourth-order valence-electron chi connectivity index (χ4n) is 1.50. The Bertz CT molecular complexity index is 639. The second-order valence-corrected chi connectivity index (χ2v) is 3.95. The Kier molecular flexibility index (Phi) is 3.89. The van der Waals surface area contributed by atoms with Gasteiger partial charge in [-0.25, -0.2) is 4.68 Å². The molecule has 104 valence electrons. The molecular weight excluding hydrogens is 264 g/mol. The number of rotatable bonds is 6. The first-order valence-corrected chi connectivity index (χ1v) is 5.65. The number of carbonyl (C=O) groups excluding carboxylic acids is 1. The van der Waals surface area contributed by atoms with E-state index in [2.05, 4.69) is 20.6 Å². The fraction of sp³-hybridized carbons (Fsp3) is 0.182. The Balaban J connectivity index is 1.98. The number of carboxylic acids is 1. The largest absolute Gasteiger partial charge is 0.480 e. The van der Waals surface area contributed by atoms with Crippen LogP contribution in [0.25, 0.3) is 0 Å². The molecule has 9 nitrogen and oxygen atoms in total. The molecule has 0 atom stereocenters. The summed E-state index contributed by atoms with van der Waals surface area (Å²) in [5.74, 6) is -1.60. The topological polar surface area (TPSA) is 136 Å². The lowest BCUT2D eigenvalue weighted by Gasteiger charge is -2.04. The van der Waals surface area contributed by atoms with E-state index < -0.39 is 11.9 Å². The number of nitrogens with zero attached hydrogens (tertiary/aromatic N) is 4. The van der Waals surface area contributed by atoms with Crippen LogP contribution >= 0.6 is 0 Å². The van der Waals surface area contributed by atoms with E-state index in [1.165, 1.54) is 23.1 Å². The molecule has 9 heteroatoms. The van der Waals surface area contributed by atoms with Gasteiger partial charge in [0, 0.05) is 11.9 Å². The number of nitrogens with one attached hydrogen (secondary N) is 1. The third-order valence-electron chi connectivity index (χ3n) is 2.37. The summed E-state index contributed by atoms with van der Waals surface area (Å²) in [7, 11) is 0. The van der Waals surface area contributed by atoms with Crippen molar-refractivity contribution in [1.82, 2.24) is 20.0 Å². The van der Waals surface area contributed by atoms with Crippen molar-refractivity contribution in [3.8, 4) is 0 Å². The van der Waals surface area contributed by atoms with Crippen LogP contribution in [0.2, 0.25) is 0 Å². The summed E-state index contributed by atoms with van der Waals surface area (Å²) < 4.78 is 1.22. The van der Waals surface area contributed by atoms with Gasteiger partial charge in [0.25, 0.3) is 5.91 Å². The fourth-order valence-corrected chi connectivity index (χ4v) is 1.50. The predicted molar refractivity (Wildman–Crippen MR) is 67.7 cm³/mol. The van der Waals surface area contributed by atoms with Crippen LogP contribution in [0.5, 0.6) is 0 Å².